The molecule has 1 heterocycles. The average molecular weight is 291 g/mol. The van der Waals surface area contributed by atoms with Crippen LogP contribution in [0, 0.1) is 6.92 Å². The maximum atomic E-state index is 12.2. The number of aromatic nitrogens is 1. The zero-order valence-electron chi connectivity index (χ0n) is 11.5. The molecular formula is C14H17N3O2S. The van der Waals surface area contributed by atoms with Gasteiger partial charge in [-0.15, -0.1) is 0 Å². The molecule has 1 aromatic heterocycles. The SMILES string of the molecule is COCCNc1nc(C)c(C(=O)Nc2ccccc2)s1. The molecule has 0 bridgehead atoms. The average Bonchev–Trinajstić information content (AvgIpc) is 2.81. The van der Waals surface area contributed by atoms with Gasteiger partial charge in [0.25, 0.3) is 5.91 Å². The Balaban J connectivity index is 2.02. The number of para-hydroxylation sites is 1. The van der Waals surface area contributed by atoms with E-state index in [1.54, 1.807) is 7.11 Å². The Bertz CT molecular complexity index is 569. The third-order valence-electron chi connectivity index (χ3n) is 2.62. The molecule has 0 fully saturated rings. The molecule has 0 unspecified atom stereocenters. The lowest BCUT2D eigenvalue weighted by molar-refractivity contribution is 0.103. The summed E-state index contributed by atoms with van der Waals surface area (Å²) >= 11 is 1.35. The Morgan fingerprint density at radius 2 is 2.10 bits per heavy atom. The van der Waals surface area contributed by atoms with Crippen LogP contribution in [0.1, 0.15) is 15.4 Å². The van der Waals surface area contributed by atoms with Gasteiger partial charge in [0.05, 0.1) is 12.3 Å². The fraction of sp³-hybridized carbons (Fsp3) is 0.286. The van der Waals surface area contributed by atoms with Gasteiger partial charge in [-0.05, 0) is 19.1 Å². The number of benzene rings is 1. The van der Waals surface area contributed by atoms with Crippen molar-refractivity contribution in [3.63, 3.8) is 0 Å². The molecule has 20 heavy (non-hydrogen) atoms. The number of anilines is 2. The normalized spacial score (nSPS) is 10.3. The number of aryl methyl sites for hydroxylation is 1. The van der Waals surface area contributed by atoms with Crippen molar-refractivity contribution in [3.05, 3.63) is 40.9 Å². The maximum Gasteiger partial charge on any atom is 0.267 e. The van der Waals surface area contributed by atoms with Crippen LogP contribution < -0.4 is 10.6 Å². The highest BCUT2D eigenvalue weighted by atomic mass is 32.1. The van der Waals surface area contributed by atoms with Gasteiger partial charge < -0.3 is 15.4 Å². The first-order valence-corrected chi connectivity index (χ1v) is 7.09. The summed E-state index contributed by atoms with van der Waals surface area (Å²) in [5, 5.41) is 6.72. The minimum atomic E-state index is -0.133. The molecule has 0 radical (unpaired) electrons. The number of carbonyl (C=O) groups is 1. The lowest BCUT2D eigenvalue weighted by atomic mass is 10.3. The van der Waals surface area contributed by atoms with Crippen molar-refractivity contribution >= 4 is 28.1 Å². The Hall–Kier alpha value is -1.92. The Kier molecular flexibility index (Phi) is 5.09. The number of ether oxygens (including phenoxy) is 1. The van der Waals surface area contributed by atoms with Gasteiger partial charge in [0.2, 0.25) is 0 Å². The van der Waals surface area contributed by atoms with Gasteiger partial charge in [0, 0.05) is 19.3 Å². The van der Waals surface area contributed by atoms with Crippen LogP contribution in [-0.2, 0) is 4.74 Å². The smallest absolute Gasteiger partial charge is 0.267 e. The van der Waals surface area contributed by atoms with E-state index in [1.807, 2.05) is 37.3 Å². The molecule has 6 heteroatoms. The van der Waals surface area contributed by atoms with Gasteiger partial charge in [-0.3, -0.25) is 4.79 Å². The van der Waals surface area contributed by atoms with Crippen molar-refractivity contribution < 1.29 is 9.53 Å². The van der Waals surface area contributed by atoms with E-state index in [2.05, 4.69) is 15.6 Å². The molecule has 2 aromatic rings. The summed E-state index contributed by atoms with van der Waals surface area (Å²) in [5.41, 5.74) is 1.50. The zero-order valence-corrected chi connectivity index (χ0v) is 12.3. The summed E-state index contributed by atoms with van der Waals surface area (Å²) in [4.78, 5) is 17.1. The summed E-state index contributed by atoms with van der Waals surface area (Å²) in [6.45, 7) is 3.10. The van der Waals surface area contributed by atoms with Crippen LogP contribution in [-0.4, -0.2) is 31.2 Å². The second kappa shape index (κ2) is 7.02. The molecule has 0 aliphatic heterocycles. The zero-order chi connectivity index (χ0) is 14.4. The first kappa shape index (κ1) is 14.5. The van der Waals surface area contributed by atoms with Crippen molar-refractivity contribution in [3.8, 4) is 0 Å². The largest absolute Gasteiger partial charge is 0.383 e. The highest BCUT2D eigenvalue weighted by Gasteiger charge is 2.15. The van der Waals surface area contributed by atoms with Crippen LogP contribution in [0.15, 0.2) is 30.3 Å². The van der Waals surface area contributed by atoms with Gasteiger partial charge >= 0.3 is 0 Å². The fourth-order valence-corrected chi connectivity index (χ4v) is 2.54. The van der Waals surface area contributed by atoms with E-state index in [1.165, 1.54) is 11.3 Å². The third kappa shape index (κ3) is 3.79. The van der Waals surface area contributed by atoms with Gasteiger partial charge in [0.15, 0.2) is 5.13 Å². The van der Waals surface area contributed by atoms with Crippen molar-refractivity contribution in [1.82, 2.24) is 4.98 Å². The van der Waals surface area contributed by atoms with Crippen LogP contribution in [0.25, 0.3) is 0 Å². The summed E-state index contributed by atoms with van der Waals surface area (Å²) in [6, 6.07) is 9.38. The molecule has 0 spiro atoms. The molecule has 1 aromatic carbocycles. The molecule has 2 N–H and O–H groups in total. The molecule has 0 aliphatic rings. The van der Waals surface area contributed by atoms with E-state index in [-0.39, 0.29) is 5.91 Å². The van der Waals surface area contributed by atoms with Gasteiger partial charge in [-0.2, -0.15) is 0 Å². The van der Waals surface area contributed by atoms with E-state index in [0.717, 1.165) is 16.5 Å². The second-order valence-corrected chi connectivity index (χ2v) is 5.17. The highest BCUT2D eigenvalue weighted by Crippen LogP contribution is 2.23. The Labute approximate surface area is 122 Å². The number of nitrogens with one attached hydrogen (secondary N) is 2. The van der Waals surface area contributed by atoms with Crippen LogP contribution in [0.5, 0.6) is 0 Å². The number of carbonyl (C=O) groups excluding carboxylic acids is 1. The topological polar surface area (TPSA) is 63.2 Å². The van der Waals surface area contributed by atoms with Crippen molar-refractivity contribution in [2.24, 2.45) is 0 Å². The molecule has 0 aliphatic carbocycles. The van der Waals surface area contributed by atoms with Crippen LogP contribution in [0.3, 0.4) is 0 Å². The third-order valence-corrected chi connectivity index (χ3v) is 3.73. The molecule has 1 amide bonds. The summed E-state index contributed by atoms with van der Waals surface area (Å²) < 4.78 is 4.96. The number of hydrogen-bond donors (Lipinski definition) is 2. The van der Waals surface area contributed by atoms with E-state index >= 15 is 0 Å². The number of hydrogen-bond acceptors (Lipinski definition) is 5. The Morgan fingerprint density at radius 3 is 2.80 bits per heavy atom. The van der Waals surface area contributed by atoms with E-state index < -0.39 is 0 Å². The van der Waals surface area contributed by atoms with Crippen LogP contribution in [0.4, 0.5) is 10.8 Å². The molecule has 5 nitrogen and oxygen atoms in total. The van der Waals surface area contributed by atoms with Crippen molar-refractivity contribution in [1.29, 1.82) is 0 Å². The molecular weight excluding hydrogens is 274 g/mol. The first-order chi connectivity index (χ1) is 9.70. The van der Waals surface area contributed by atoms with Crippen molar-refractivity contribution in [2.45, 2.75) is 6.92 Å². The fourth-order valence-electron chi connectivity index (χ4n) is 1.65. The summed E-state index contributed by atoms with van der Waals surface area (Å²) in [6.07, 6.45) is 0. The molecule has 0 saturated carbocycles. The number of rotatable bonds is 6. The van der Waals surface area contributed by atoms with Crippen molar-refractivity contribution in [2.75, 3.05) is 30.9 Å². The molecule has 106 valence electrons. The number of thiazole rings is 1. The van der Waals surface area contributed by atoms with Crippen LogP contribution in [0.2, 0.25) is 0 Å². The number of methoxy groups -OCH3 is 1. The van der Waals surface area contributed by atoms with Crippen LogP contribution >= 0.6 is 11.3 Å². The summed E-state index contributed by atoms with van der Waals surface area (Å²) in [5.74, 6) is -0.133. The minimum absolute atomic E-state index is 0.133. The standard InChI is InChI=1S/C14H17N3O2S/c1-10-12(20-14(16-10)15-8-9-19-2)13(18)17-11-6-4-3-5-7-11/h3-7H,8-9H2,1-2H3,(H,15,16)(H,17,18). The minimum Gasteiger partial charge on any atom is -0.383 e. The van der Waals surface area contributed by atoms with E-state index in [9.17, 15) is 4.79 Å². The quantitative estimate of drug-likeness (QED) is 0.803. The van der Waals surface area contributed by atoms with Gasteiger partial charge in [-0.1, -0.05) is 29.5 Å². The monoisotopic (exact) mass is 291 g/mol. The first-order valence-electron chi connectivity index (χ1n) is 6.27. The molecule has 0 atom stereocenters. The van der Waals surface area contributed by atoms with Gasteiger partial charge in [0.1, 0.15) is 4.88 Å². The lowest BCUT2D eigenvalue weighted by Crippen LogP contribution is -2.11. The predicted molar refractivity (Wildman–Crippen MR) is 81.6 cm³/mol. The van der Waals surface area contributed by atoms with E-state index in [4.69, 9.17) is 4.74 Å². The Morgan fingerprint density at radius 1 is 1.35 bits per heavy atom. The number of amides is 1. The maximum absolute atomic E-state index is 12.2. The lowest BCUT2D eigenvalue weighted by Gasteiger charge is -2.03. The predicted octanol–water partition coefficient (Wildman–Crippen LogP) is 2.76. The summed E-state index contributed by atoms with van der Waals surface area (Å²) in [7, 11) is 1.65. The number of nitrogens with zero attached hydrogens (tertiary/aromatic N) is 1. The second-order valence-electron chi connectivity index (χ2n) is 4.17. The van der Waals surface area contributed by atoms with E-state index in [0.29, 0.717) is 18.0 Å². The highest BCUT2D eigenvalue weighted by molar-refractivity contribution is 7.17. The van der Waals surface area contributed by atoms with Gasteiger partial charge in [-0.25, -0.2) is 4.98 Å². The molecule has 0 saturated heterocycles. The molecule has 2 rings (SSSR count).